The van der Waals surface area contributed by atoms with Crippen molar-refractivity contribution >= 4 is 27.7 Å². The van der Waals surface area contributed by atoms with E-state index in [1.54, 1.807) is 42.5 Å². The fourth-order valence-corrected chi connectivity index (χ4v) is 4.16. The topological polar surface area (TPSA) is 127 Å². The Bertz CT molecular complexity index is 1350. The molecule has 0 aliphatic rings. The number of rotatable bonds is 6. The Kier molecular flexibility index (Phi) is 6.48. The van der Waals surface area contributed by atoms with Crippen LogP contribution in [-0.2, 0) is 18.1 Å². The predicted octanol–water partition coefficient (Wildman–Crippen LogP) is 5.25. The summed E-state index contributed by atoms with van der Waals surface area (Å²) in [6.07, 6.45) is -5.92. The van der Waals surface area contributed by atoms with Gasteiger partial charge in [-0.1, -0.05) is 60.7 Å². The molecule has 2 aromatic heterocycles. The summed E-state index contributed by atoms with van der Waals surface area (Å²) < 4.78 is 44.9. The number of carbonyl (C=O) groups is 1. The van der Waals surface area contributed by atoms with Crippen molar-refractivity contribution in [2.75, 3.05) is 5.73 Å². The van der Waals surface area contributed by atoms with Crippen LogP contribution in [0.15, 0.2) is 75.8 Å². The van der Waals surface area contributed by atoms with Crippen LogP contribution < -0.4 is 11.1 Å². The molecule has 2 heterocycles. The van der Waals surface area contributed by atoms with Crippen molar-refractivity contribution in [2.45, 2.75) is 18.1 Å². The molecular formula is C23H17BrF3N5O3. The van der Waals surface area contributed by atoms with Crippen LogP contribution in [0.2, 0.25) is 0 Å². The van der Waals surface area contributed by atoms with Crippen molar-refractivity contribution in [3.63, 3.8) is 0 Å². The van der Waals surface area contributed by atoms with E-state index in [0.29, 0.717) is 11.6 Å². The first-order valence-corrected chi connectivity index (χ1v) is 10.9. The first kappa shape index (κ1) is 24.2. The average molecular weight is 548 g/mol. The minimum absolute atomic E-state index is 0.103. The summed E-state index contributed by atoms with van der Waals surface area (Å²) in [5.74, 6) is -0.408. The Morgan fingerprint density at radius 2 is 1.69 bits per heavy atom. The molecule has 1 atom stereocenters. The van der Waals surface area contributed by atoms with Crippen molar-refractivity contribution < 1.29 is 27.5 Å². The van der Waals surface area contributed by atoms with Gasteiger partial charge >= 0.3 is 12.3 Å². The summed E-state index contributed by atoms with van der Waals surface area (Å²) in [5, 5.41) is 20.2. The highest BCUT2D eigenvalue weighted by Crippen LogP contribution is 2.39. The third kappa shape index (κ3) is 4.97. The van der Waals surface area contributed by atoms with E-state index in [0.717, 1.165) is 5.56 Å². The van der Waals surface area contributed by atoms with E-state index in [1.165, 1.54) is 0 Å². The molecule has 35 heavy (non-hydrogen) atoms. The minimum atomic E-state index is -4.68. The number of hydrogen-bond acceptors (Lipinski definition) is 6. The van der Waals surface area contributed by atoms with Crippen LogP contribution in [0.5, 0.6) is 0 Å². The van der Waals surface area contributed by atoms with Crippen molar-refractivity contribution in [1.29, 1.82) is 0 Å². The van der Waals surface area contributed by atoms with E-state index < -0.39 is 28.0 Å². The van der Waals surface area contributed by atoms with Gasteiger partial charge in [-0.2, -0.15) is 13.2 Å². The van der Waals surface area contributed by atoms with Gasteiger partial charge in [0.25, 0.3) is 5.89 Å². The summed E-state index contributed by atoms with van der Waals surface area (Å²) in [7, 11) is 0. The summed E-state index contributed by atoms with van der Waals surface area (Å²) >= 11 is 2.81. The van der Waals surface area contributed by atoms with Gasteiger partial charge in [-0.15, -0.1) is 10.2 Å². The molecule has 0 saturated carbocycles. The number of halogens is 4. The normalized spacial score (nSPS) is 13.3. The number of alkyl halides is 3. The number of nitrogen functional groups attached to an aromatic ring is 1. The molecule has 0 bridgehead atoms. The maximum absolute atomic E-state index is 13.2. The maximum Gasteiger partial charge on any atom is 0.419 e. The third-order valence-corrected chi connectivity index (χ3v) is 5.81. The highest BCUT2D eigenvalue weighted by atomic mass is 79.9. The molecule has 0 saturated heterocycles. The monoisotopic (exact) mass is 547 g/mol. The van der Waals surface area contributed by atoms with Crippen LogP contribution in [0.4, 0.5) is 23.7 Å². The van der Waals surface area contributed by atoms with E-state index in [1.807, 2.05) is 18.2 Å². The van der Waals surface area contributed by atoms with Gasteiger partial charge in [-0.05, 0) is 33.1 Å². The van der Waals surface area contributed by atoms with Crippen molar-refractivity contribution in [1.82, 2.24) is 20.5 Å². The van der Waals surface area contributed by atoms with Gasteiger partial charge in [0.15, 0.2) is 11.2 Å². The molecule has 180 valence electrons. The minimum Gasteiger partial charge on any atom is -0.465 e. The van der Waals surface area contributed by atoms with Crippen molar-refractivity contribution in [3.8, 4) is 11.6 Å². The second-order valence-electron chi connectivity index (χ2n) is 7.54. The lowest BCUT2D eigenvalue weighted by Crippen LogP contribution is -2.48. The molecule has 1 amide bonds. The molecule has 0 radical (unpaired) electrons. The van der Waals surface area contributed by atoms with Gasteiger partial charge < -0.3 is 20.6 Å². The standard InChI is InChI=1S/C23H17BrF3N5O3/c24-18-15(23(25,26)27)11-16(28)17(29-18)19-31-32-20(35-19)22(30-21(33)34,14-9-5-2-6-10-14)12-13-7-3-1-4-8-13/h1-11,30H,12,28H2,(H,33,34)/t22-/m1/s1. The smallest absolute Gasteiger partial charge is 0.419 e. The number of amides is 1. The SMILES string of the molecule is Nc1cc(C(F)(F)F)c(Br)nc1-c1nnc([C@](Cc2ccccc2)(NC(=O)O)c2ccccc2)o1. The number of hydrogen-bond donors (Lipinski definition) is 3. The number of aromatic nitrogens is 3. The Morgan fingerprint density at radius 1 is 1.06 bits per heavy atom. The van der Waals surface area contributed by atoms with Crippen LogP contribution >= 0.6 is 15.9 Å². The van der Waals surface area contributed by atoms with Gasteiger partial charge in [0.05, 0.1) is 11.3 Å². The Balaban J connectivity index is 1.87. The maximum atomic E-state index is 13.2. The molecule has 0 spiro atoms. The van der Waals surface area contributed by atoms with E-state index >= 15 is 0 Å². The Hall–Kier alpha value is -3.93. The van der Waals surface area contributed by atoms with E-state index in [-0.39, 0.29) is 29.6 Å². The largest absolute Gasteiger partial charge is 0.465 e. The van der Waals surface area contributed by atoms with Crippen LogP contribution in [0.1, 0.15) is 22.6 Å². The van der Waals surface area contributed by atoms with Gasteiger partial charge in [-0.25, -0.2) is 9.78 Å². The average Bonchev–Trinajstić information content (AvgIpc) is 3.31. The van der Waals surface area contributed by atoms with Gasteiger partial charge in [-0.3, -0.25) is 0 Å². The zero-order valence-corrected chi connectivity index (χ0v) is 19.3. The molecule has 4 N–H and O–H groups in total. The number of nitrogens with two attached hydrogens (primary N) is 1. The number of anilines is 1. The molecule has 0 aliphatic heterocycles. The first-order chi connectivity index (χ1) is 16.6. The fraction of sp³-hybridized carbons (Fsp3) is 0.130. The number of carboxylic acid groups (broad SMARTS) is 1. The number of pyridine rings is 1. The molecule has 4 aromatic rings. The highest BCUT2D eigenvalue weighted by molar-refractivity contribution is 9.10. The first-order valence-electron chi connectivity index (χ1n) is 10.1. The molecular weight excluding hydrogens is 531 g/mol. The Labute approximate surface area is 205 Å². The summed E-state index contributed by atoms with van der Waals surface area (Å²) in [6.45, 7) is 0. The van der Waals surface area contributed by atoms with E-state index in [4.69, 9.17) is 10.2 Å². The zero-order valence-electron chi connectivity index (χ0n) is 17.8. The molecule has 12 heteroatoms. The third-order valence-electron chi connectivity index (χ3n) is 5.20. The quantitative estimate of drug-likeness (QED) is 0.281. The fourth-order valence-electron chi connectivity index (χ4n) is 3.65. The highest BCUT2D eigenvalue weighted by Gasteiger charge is 2.42. The molecule has 2 aromatic carbocycles. The summed E-state index contributed by atoms with van der Waals surface area (Å²) in [4.78, 5) is 15.8. The molecule has 0 unspecified atom stereocenters. The van der Waals surface area contributed by atoms with Crippen molar-refractivity contribution in [3.05, 3.63) is 93.9 Å². The lowest BCUT2D eigenvalue weighted by atomic mass is 9.83. The number of nitrogens with zero attached hydrogens (tertiary/aromatic N) is 3. The predicted molar refractivity (Wildman–Crippen MR) is 123 cm³/mol. The van der Waals surface area contributed by atoms with E-state index in [2.05, 4.69) is 36.4 Å². The van der Waals surface area contributed by atoms with Crippen molar-refractivity contribution in [2.24, 2.45) is 0 Å². The van der Waals surface area contributed by atoms with Crippen LogP contribution in [0, 0.1) is 0 Å². The summed E-state index contributed by atoms with van der Waals surface area (Å²) in [6, 6.07) is 18.4. The molecule has 0 aliphatic carbocycles. The summed E-state index contributed by atoms with van der Waals surface area (Å²) in [5.41, 5.74) is 4.01. The van der Waals surface area contributed by atoms with Crippen LogP contribution in [0.25, 0.3) is 11.6 Å². The molecule has 4 rings (SSSR count). The van der Waals surface area contributed by atoms with Gasteiger partial charge in [0.2, 0.25) is 5.89 Å². The number of nitrogens with one attached hydrogen (secondary N) is 1. The van der Waals surface area contributed by atoms with Gasteiger partial charge in [0.1, 0.15) is 4.60 Å². The zero-order chi connectivity index (χ0) is 25.2. The molecule has 0 fully saturated rings. The second kappa shape index (κ2) is 9.37. The van der Waals surface area contributed by atoms with Crippen LogP contribution in [-0.4, -0.2) is 26.4 Å². The molecule has 8 nitrogen and oxygen atoms in total. The second-order valence-corrected chi connectivity index (χ2v) is 8.29. The lowest BCUT2D eigenvalue weighted by molar-refractivity contribution is -0.138. The Morgan fingerprint density at radius 3 is 2.29 bits per heavy atom. The lowest BCUT2D eigenvalue weighted by Gasteiger charge is -2.31. The number of benzene rings is 2. The van der Waals surface area contributed by atoms with Crippen LogP contribution in [0.3, 0.4) is 0 Å². The van der Waals surface area contributed by atoms with Gasteiger partial charge in [0, 0.05) is 6.42 Å². The van der Waals surface area contributed by atoms with E-state index in [9.17, 15) is 23.1 Å².